The summed E-state index contributed by atoms with van der Waals surface area (Å²) in [5.74, 6) is 1.50. The second-order valence-corrected chi connectivity index (χ2v) is 5.66. The van der Waals surface area contributed by atoms with E-state index in [1.165, 1.54) is 0 Å². The third-order valence-electron chi connectivity index (χ3n) is 3.10. The van der Waals surface area contributed by atoms with E-state index in [0.29, 0.717) is 31.4 Å². The Morgan fingerprint density at radius 1 is 1.24 bits per heavy atom. The molecule has 1 aromatic rings. The molecule has 0 amide bonds. The highest BCUT2D eigenvalue weighted by Gasteiger charge is 2.06. The number of hydrogen-bond donors (Lipinski definition) is 2. The number of halogens is 2. The van der Waals surface area contributed by atoms with E-state index in [-0.39, 0.29) is 30.1 Å². The third kappa shape index (κ3) is 12.3. The van der Waals surface area contributed by atoms with Crippen LogP contribution in [0.2, 0.25) is 5.02 Å². The van der Waals surface area contributed by atoms with Gasteiger partial charge in [-0.05, 0) is 31.5 Å². The van der Waals surface area contributed by atoms with Gasteiger partial charge in [-0.3, -0.25) is 4.99 Å². The maximum absolute atomic E-state index is 5.95. The van der Waals surface area contributed by atoms with E-state index in [4.69, 9.17) is 25.8 Å². The first-order valence-electron chi connectivity index (χ1n) is 8.09. The molecule has 8 heteroatoms. The van der Waals surface area contributed by atoms with E-state index in [1.54, 1.807) is 20.2 Å². The molecule has 0 saturated heterocycles. The zero-order valence-electron chi connectivity index (χ0n) is 15.1. The summed E-state index contributed by atoms with van der Waals surface area (Å²) in [6.45, 7) is 5.36. The first-order chi connectivity index (χ1) is 11.7. The molecule has 25 heavy (non-hydrogen) atoms. The van der Waals surface area contributed by atoms with Crippen LogP contribution in [0.5, 0.6) is 5.75 Å². The average molecular weight is 486 g/mol. The summed E-state index contributed by atoms with van der Waals surface area (Å²) in [5, 5.41) is 7.14. The van der Waals surface area contributed by atoms with Gasteiger partial charge in [0.25, 0.3) is 0 Å². The van der Waals surface area contributed by atoms with Crippen LogP contribution in [0.25, 0.3) is 0 Å². The van der Waals surface area contributed by atoms with E-state index in [2.05, 4.69) is 15.6 Å². The number of nitrogens with one attached hydrogen (secondary N) is 2. The van der Waals surface area contributed by atoms with Crippen LogP contribution in [0.15, 0.2) is 29.3 Å². The van der Waals surface area contributed by atoms with Gasteiger partial charge in [0, 0.05) is 32.3 Å². The third-order valence-corrected chi connectivity index (χ3v) is 3.34. The van der Waals surface area contributed by atoms with Crippen LogP contribution in [0, 0.1) is 0 Å². The fraction of sp³-hybridized carbons (Fsp3) is 0.588. The van der Waals surface area contributed by atoms with Gasteiger partial charge in [-0.15, -0.1) is 24.0 Å². The molecule has 144 valence electrons. The Morgan fingerprint density at radius 2 is 2.04 bits per heavy atom. The van der Waals surface area contributed by atoms with Gasteiger partial charge in [-0.25, -0.2) is 0 Å². The highest BCUT2D eigenvalue weighted by atomic mass is 127. The number of hydrogen-bond acceptors (Lipinski definition) is 4. The number of rotatable bonds is 11. The largest absolute Gasteiger partial charge is 0.489 e. The zero-order valence-corrected chi connectivity index (χ0v) is 18.2. The molecule has 1 rings (SSSR count). The minimum absolute atomic E-state index is 0. The first kappa shape index (κ1) is 24.2. The molecule has 2 N–H and O–H groups in total. The number of nitrogens with zero attached hydrogens (tertiary/aromatic N) is 1. The van der Waals surface area contributed by atoms with E-state index in [1.807, 2.05) is 25.1 Å². The summed E-state index contributed by atoms with van der Waals surface area (Å²) in [7, 11) is 3.41. The van der Waals surface area contributed by atoms with Crippen LogP contribution in [0.3, 0.4) is 0 Å². The Bertz CT molecular complexity index is 492. The predicted molar refractivity (Wildman–Crippen MR) is 114 cm³/mol. The van der Waals surface area contributed by atoms with Crippen LogP contribution in [0.1, 0.15) is 13.3 Å². The molecule has 0 aliphatic carbocycles. The highest BCUT2D eigenvalue weighted by Crippen LogP contribution is 2.18. The molecule has 0 aliphatic rings. The van der Waals surface area contributed by atoms with E-state index in [9.17, 15) is 0 Å². The molecule has 1 aromatic carbocycles. The van der Waals surface area contributed by atoms with Crippen molar-refractivity contribution in [2.45, 2.75) is 19.4 Å². The summed E-state index contributed by atoms with van der Waals surface area (Å²) in [6.07, 6.45) is 0.887. The van der Waals surface area contributed by atoms with Gasteiger partial charge in [0.15, 0.2) is 5.96 Å². The number of benzene rings is 1. The molecule has 0 aromatic heterocycles. The second kappa shape index (κ2) is 15.5. The molecule has 0 bridgehead atoms. The maximum Gasteiger partial charge on any atom is 0.191 e. The SMILES string of the molecule is CN=C(NCCCOCCOC)NCC(C)Oc1cccc(Cl)c1.I. The van der Waals surface area contributed by atoms with Crippen molar-refractivity contribution in [3.05, 3.63) is 29.3 Å². The predicted octanol–water partition coefficient (Wildman–Crippen LogP) is 2.94. The van der Waals surface area contributed by atoms with Crippen molar-refractivity contribution in [2.75, 3.05) is 47.1 Å². The highest BCUT2D eigenvalue weighted by molar-refractivity contribution is 14.0. The van der Waals surface area contributed by atoms with E-state index < -0.39 is 0 Å². The van der Waals surface area contributed by atoms with Gasteiger partial charge in [0.05, 0.1) is 19.8 Å². The average Bonchev–Trinajstić information content (AvgIpc) is 2.56. The lowest BCUT2D eigenvalue weighted by molar-refractivity contribution is 0.0698. The Hall–Kier alpha value is -0.770. The molecule has 0 aliphatic heterocycles. The monoisotopic (exact) mass is 485 g/mol. The van der Waals surface area contributed by atoms with Crippen LogP contribution in [0.4, 0.5) is 0 Å². The smallest absolute Gasteiger partial charge is 0.191 e. The van der Waals surface area contributed by atoms with Crippen molar-refractivity contribution in [3.8, 4) is 5.75 Å². The fourth-order valence-corrected chi connectivity index (χ4v) is 2.08. The molecular formula is C17H29ClIN3O3. The zero-order chi connectivity index (χ0) is 17.6. The molecule has 0 radical (unpaired) electrons. The summed E-state index contributed by atoms with van der Waals surface area (Å²) >= 11 is 5.95. The maximum atomic E-state index is 5.95. The summed E-state index contributed by atoms with van der Waals surface area (Å²) in [4.78, 5) is 4.19. The first-order valence-corrected chi connectivity index (χ1v) is 8.47. The van der Waals surface area contributed by atoms with Gasteiger partial charge in [0.2, 0.25) is 0 Å². The number of ether oxygens (including phenoxy) is 3. The molecule has 0 fully saturated rings. The summed E-state index contributed by atoms with van der Waals surface area (Å²) < 4.78 is 16.1. The summed E-state index contributed by atoms with van der Waals surface area (Å²) in [6, 6.07) is 7.38. The molecule has 1 unspecified atom stereocenters. The Kier molecular flexibility index (Phi) is 15.0. The van der Waals surface area contributed by atoms with Crippen molar-refractivity contribution >= 4 is 41.5 Å². The Labute approximate surface area is 172 Å². The van der Waals surface area contributed by atoms with E-state index >= 15 is 0 Å². The number of guanidine groups is 1. The lowest BCUT2D eigenvalue weighted by atomic mass is 10.3. The van der Waals surface area contributed by atoms with Crippen molar-refractivity contribution < 1.29 is 14.2 Å². The molecule has 0 heterocycles. The molecule has 0 saturated carbocycles. The van der Waals surface area contributed by atoms with Gasteiger partial charge < -0.3 is 24.8 Å². The molecular weight excluding hydrogens is 457 g/mol. The Balaban J connectivity index is 0.00000576. The van der Waals surface area contributed by atoms with Crippen LogP contribution >= 0.6 is 35.6 Å². The quantitative estimate of drug-likeness (QED) is 0.218. The number of aliphatic imine (C=N–C) groups is 1. The fourth-order valence-electron chi connectivity index (χ4n) is 1.90. The second-order valence-electron chi connectivity index (χ2n) is 5.22. The normalized spacial score (nSPS) is 12.2. The topological polar surface area (TPSA) is 64.1 Å². The minimum atomic E-state index is -0.0145. The van der Waals surface area contributed by atoms with Gasteiger partial charge in [-0.2, -0.15) is 0 Å². The number of methoxy groups -OCH3 is 1. The molecule has 6 nitrogen and oxygen atoms in total. The van der Waals surface area contributed by atoms with Crippen molar-refractivity contribution in [1.82, 2.24) is 10.6 Å². The molecule has 0 spiro atoms. The van der Waals surface area contributed by atoms with Crippen LogP contribution in [-0.4, -0.2) is 59.1 Å². The van der Waals surface area contributed by atoms with Crippen molar-refractivity contribution in [1.29, 1.82) is 0 Å². The standard InChI is InChI=1S/C17H28ClN3O3.HI/c1-14(24-16-7-4-6-15(18)12-16)13-21-17(19-2)20-8-5-9-23-11-10-22-3;/h4,6-7,12,14H,5,8-11,13H2,1-3H3,(H2,19,20,21);1H. The van der Waals surface area contributed by atoms with Gasteiger partial charge >= 0.3 is 0 Å². The van der Waals surface area contributed by atoms with Gasteiger partial charge in [0.1, 0.15) is 11.9 Å². The molecule has 1 atom stereocenters. The van der Waals surface area contributed by atoms with E-state index in [0.717, 1.165) is 24.7 Å². The Morgan fingerprint density at radius 3 is 2.72 bits per heavy atom. The summed E-state index contributed by atoms with van der Waals surface area (Å²) in [5.41, 5.74) is 0. The van der Waals surface area contributed by atoms with Gasteiger partial charge in [-0.1, -0.05) is 17.7 Å². The lowest BCUT2D eigenvalue weighted by Crippen LogP contribution is -2.42. The lowest BCUT2D eigenvalue weighted by Gasteiger charge is -2.18. The van der Waals surface area contributed by atoms with Crippen LogP contribution in [-0.2, 0) is 9.47 Å². The van der Waals surface area contributed by atoms with Crippen molar-refractivity contribution in [3.63, 3.8) is 0 Å². The minimum Gasteiger partial charge on any atom is -0.489 e. The van der Waals surface area contributed by atoms with Crippen LogP contribution < -0.4 is 15.4 Å². The van der Waals surface area contributed by atoms with Crippen molar-refractivity contribution in [2.24, 2.45) is 4.99 Å².